The molecule has 2 aliphatic heterocycles. The fourth-order valence-corrected chi connectivity index (χ4v) is 3.86. The highest BCUT2D eigenvalue weighted by molar-refractivity contribution is 5.35. The Hall–Kier alpha value is -1.85. The quantitative estimate of drug-likeness (QED) is 0.884. The second-order valence-corrected chi connectivity index (χ2v) is 7.11. The van der Waals surface area contributed by atoms with E-state index in [1.54, 1.807) is 0 Å². The number of piperidine rings is 1. The highest BCUT2D eigenvalue weighted by Gasteiger charge is 2.22. The van der Waals surface area contributed by atoms with Crippen molar-refractivity contribution in [1.82, 2.24) is 20.0 Å². The van der Waals surface area contributed by atoms with Crippen molar-refractivity contribution in [1.29, 1.82) is 0 Å². The first kappa shape index (κ1) is 15.7. The molecule has 2 N–H and O–H groups in total. The molecule has 128 valence electrons. The number of fused-ring (bicyclic) bond motifs is 1. The van der Waals surface area contributed by atoms with Crippen LogP contribution in [-0.4, -0.2) is 46.9 Å². The number of rotatable bonds is 5. The number of hydrogen-bond acceptors (Lipinski definition) is 4. The van der Waals surface area contributed by atoms with Crippen molar-refractivity contribution in [3.8, 4) is 0 Å². The Labute approximate surface area is 144 Å². The third-order valence-corrected chi connectivity index (χ3v) is 5.17. The molecule has 0 radical (unpaired) electrons. The predicted molar refractivity (Wildman–Crippen MR) is 97.0 cm³/mol. The summed E-state index contributed by atoms with van der Waals surface area (Å²) in [6, 6.07) is 13.5. The first-order valence-electron chi connectivity index (χ1n) is 9.12. The zero-order valence-corrected chi connectivity index (χ0v) is 14.2. The molecule has 1 aromatic carbocycles. The summed E-state index contributed by atoms with van der Waals surface area (Å²) >= 11 is 0. The molecule has 0 aliphatic carbocycles. The maximum Gasteiger partial charge on any atom is 0.124 e. The van der Waals surface area contributed by atoms with Gasteiger partial charge in [0.1, 0.15) is 5.82 Å². The molecule has 0 bridgehead atoms. The van der Waals surface area contributed by atoms with E-state index in [1.807, 2.05) is 12.3 Å². The fourth-order valence-electron chi connectivity index (χ4n) is 3.86. The summed E-state index contributed by atoms with van der Waals surface area (Å²) < 4.78 is 2.08. The Morgan fingerprint density at radius 2 is 2.08 bits per heavy atom. The van der Waals surface area contributed by atoms with E-state index in [2.05, 4.69) is 55.6 Å². The van der Waals surface area contributed by atoms with Crippen LogP contribution in [0.4, 0.5) is 5.82 Å². The number of nitrogens with zero attached hydrogens (tertiary/aromatic N) is 3. The van der Waals surface area contributed by atoms with E-state index < -0.39 is 0 Å². The van der Waals surface area contributed by atoms with Crippen molar-refractivity contribution in [3.63, 3.8) is 0 Å². The Balaban J connectivity index is 1.25. The number of anilines is 1. The molecule has 0 amide bonds. The largest absolute Gasteiger partial charge is 0.370 e. The maximum atomic E-state index is 4.38. The van der Waals surface area contributed by atoms with Gasteiger partial charge in [0.15, 0.2) is 0 Å². The van der Waals surface area contributed by atoms with Gasteiger partial charge < -0.3 is 10.6 Å². The average molecular weight is 325 g/mol. The van der Waals surface area contributed by atoms with Crippen LogP contribution in [0.25, 0.3) is 0 Å². The van der Waals surface area contributed by atoms with Gasteiger partial charge >= 0.3 is 0 Å². The Morgan fingerprint density at radius 1 is 1.17 bits per heavy atom. The van der Waals surface area contributed by atoms with E-state index in [-0.39, 0.29) is 0 Å². The van der Waals surface area contributed by atoms with Gasteiger partial charge in [0.2, 0.25) is 0 Å². The van der Waals surface area contributed by atoms with Gasteiger partial charge in [0.25, 0.3) is 0 Å². The van der Waals surface area contributed by atoms with Crippen LogP contribution in [0.1, 0.15) is 18.4 Å². The molecule has 0 unspecified atom stereocenters. The van der Waals surface area contributed by atoms with Crippen molar-refractivity contribution < 1.29 is 0 Å². The minimum Gasteiger partial charge on any atom is -0.370 e. The molecular formula is C19H27N5. The van der Waals surface area contributed by atoms with Gasteiger partial charge in [-0.15, -0.1) is 0 Å². The van der Waals surface area contributed by atoms with E-state index in [4.69, 9.17) is 0 Å². The lowest BCUT2D eigenvalue weighted by Crippen LogP contribution is -2.48. The van der Waals surface area contributed by atoms with Crippen LogP contribution < -0.4 is 10.6 Å². The van der Waals surface area contributed by atoms with Crippen molar-refractivity contribution in [3.05, 3.63) is 48.2 Å². The fraction of sp³-hybridized carbons (Fsp3) is 0.526. The number of likely N-dealkylation sites (tertiary alicyclic amines) is 1. The summed E-state index contributed by atoms with van der Waals surface area (Å²) in [7, 11) is 0. The van der Waals surface area contributed by atoms with Gasteiger partial charge in [-0.05, 0) is 24.9 Å². The lowest BCUT2D eigenvalue weighted by atomic mass is 10.0. The van der Waals surface area contributed by atoms with Crippen molar-refractivity contribution in [2.75, 3.05) is 31.5 Å². The van der Waals surface area contributed by atoms with E-state index >= 15 is 0 Å². The second kappa shape index (κ2) is 7.36. The summed E-state index contributed by atoms with van der Waals surface area (Å²) in [6.45, 7) is 6.56. The maximum absolute atomic E-state index is 4.38. The second-order valence-electron chi connectivity index (χ2n) is 7.11. The molecule has 0 saturated carbocycles. The van der Waals surface area contributed by atoms with Crippen LogP contribution in [0.15, 0.2) is 42.6 Å². The van der Waals surface area contributed by atoms with Crippen LogP contribution in [0.3, 0.4) is 0 Å². The molecule has 5 heteroatoms. The number of hydrogen-bond donors (Lipinski definition) is 2. The van der Waals surface area contributed by atoms with Crippen molar-refractivity contribution in [2.24, 2.45) is 5.92 Å². The SMILES string of the molecule is c1ccc(CN2CCC[C@@H](NC[C@H]3CNc4ccnn4C3)C2)cc1. The van der Waals surface area contributed by atoms with E-state index in [0.717, 1.165) is 38.5 Å². The molecule has 3 heterocycles. The first-order chi connectivity index (χ1) is 11.9. The van der Waals surface area contributed by atoms with Crippen LogP contribution >= 0.6 is 0 Å². The van der Waals surface area contributed by atoms with Gasteiger partial charge in [-0.3, -0.25) is 4.90 Å². The van der Waals surface area contributed by atoms with Gasteiger partial charge in [0.05, 0.1) is 6.20 Å². The molecule has 0 spiro atoms. The summed E-state index contributed by atoms with van der Waals surface area (Å²) in [5.41, 5.74) is 1.42. The zero-order chi connectivity index (χ0) is 16.2. The molecule has 1 aromatic heterocycles. The van der Waals surface area contributed by atoms with Crippen molar-refractivity contribution >= 4 is 5.82 Å². The van der Waals surface area contributed by atoms with Crippen LogP contribution in [-0.2, 0) is 13.1 Å². The normalized spacial score (nSPS) is 24.3. The topological polar surface area (TPSA) is 45.1 Å². The monoisotopic (exact) mass is 325 g/mol. The predicted octanol–water partition coefficient (Wildman–Crippen LogP) is 2.18. The number of aromatic nitrogens is 2. The van der Waals surface area contributed by atoms with Gasteiger partial charge in [-0.2, -0.15) is 5.10 Å². The molecule has 1 fully saturated rings. The standard InChI is InChI=1S/C19H27N5/c1-2-5-16(6-3-1)13-23-10-4-7-18(15-23)20-11-17-12-21-19-8-9-22-24(19)14-17/h1-3,5-6,8-9,17-18,20-21H,4,7,10-15H2/t17-,18+/m0/s1. The summed E-state index contributed by atoms with van der Waals surface area (Å²) in [4.78, 5) is 2.58. The van der Waals surface area contributed by atoms with E-state index in [0.29, 0.717) is 12.0 Å². The van der Waals surface area contributed by atoms with Crippen molar-refractivity contribution in [2.45, 2.75) is 32.0 Å². The highest BCUT2D eigenvalue weighted by Crippen LogP contribution is 2.17. The Bertz CT molecular complexity index is 638. The molecular weight excluding hydrogens is 298 g/mol. The third-order valence-electron chi connectivity index (χ3n) is 5.17. The van der Waals surface area contributed by atoms with E-state index in [9.17, 15) is 0 Å². The molecule has 4 rings (SSSR count). The minimum absolute atomic E-state index is 0.612. The number of benzene rings is 1. The molecule has 2 aliphatic rings. The molecule has 2 atom stereocenters. The van der Waals surface area contributed by atoms with Crippen LogP contribution in [0, 0.1) is 5.92 Å². The summed E-state index contributed by atoms with van der Waals surface area (Å²) in [5.74, 6) is 1.76. The molecule has 5 nitrogen and oxygen atoms in total. The van der Waals surface area contributed by atoms with E-state index in [1.165, 1.54) is 24.9 Å². The van der Waals surface area contributed by atoms with Crippen LogP contribution in [0.5, 0.6) is 0 Å². The third kappa shape index (κ3) is 3.79. The molecule has 24 heavy (non-hydrogen) atoms. The average Bonchev–Trinajstić information content (AvgIpc) is 3.09. The first-order valence-corrected chi connectivity index (χ1v) is 9.12. The van der Waals surface area contributed by atoms with Gasteiger partial charge in [-0.25, -0.2) is 4.68 Å². The number of nitrogens with one attached hydrogen (secondary N) is 2. The lowest BCUT2D eigenvalue weighted by Gasteiger charge is -2.34. The summed E-state index contributed by atoms with van der Waals surface area (Å²) in [6.07, 6.45) is 4.45. The Morgan fingerprint density at radius 3 is 3.00 bits per heavy atom. The van der Waals surface area contributed by atoms with Gasteiger partial charge in [0, 0.05) is 50.7 Å². The van der Waals surface area contributed by atoms with Crippen LogP contribution in [0.2, 0.25) is 0 Å². The zero-order valence-electron chi connectivity index (χ0n) is 14.2. The lowest BCUT2D eigenvalue weighted by molar-refractivity contribution is 0.179. The van der Waals surface area contributed by atoms with Gasteiger partial charge in [-0.1, -0.05) is 30.3 Å². The minimum atomic E-state index is 0.612. The molecule has 2 aromatic rings. The molecule has 1 saturated heterocycles. The summed E-state index contributed by atoms with van der Waals surface area (Å²) in [5, 5.41) is 11.7. The smallest absolute Gasteiger partial charge is 0.124 e. The Kier molecular flexibility index (Phi) is 4.81. The highest BCUT2D eigenvalue weighted by atomic mass is 15.3.